The first kappa shape index (κ1) is 15.1. The van der Waals surface area contributed by atoms with Crippen molar-refractivity contribution in [3.05, 3.63) is 35.0 Å². The number of nitrogens with zero attached hydrogens (tertiary/aromatic N) is 2. The lowest BCUT2D eigenvalue weighted by atomic mass is 10.2. The number of hydrogen-bond acceptors (Lipinski definition) is 5. The summed E-state index contributed by atoms with van der Waals surface area (Å²) in [5.41, 5.74) is 6.71. The zero-order valence-electron chi connectivity index (χ0n) is 11.7. The van der Waals surface area contributed by atoms with Gasteiger partial charge >= 0.3 is 0 Å². The summed E-state index contributed by atoms with van der Waals surface area (Å²) in [6, 6.07) is 5.22. The summed E-state index contributed by atoms with van der Waals surface area (Å²) in [5, 5.41) is 2.94. The molecule has 0 saturated heterocycles. The molecule has 0 radical (unpaired) electrons. The monoisotopic (exact) mass is 306 g/mol. The maximum Gasteiger partial charge on any atom is 0.256 e. The summed E-state index contributed by atoms with van der Waals surface area (Å²) in [6.07, 6.45) is 1.39. The van der Waals surface area contributed by atoms with Gasteiger partial charge in [0.15, 0.2) is 5.82 Å². The SMILES string of the molecule is CCOc1ccc(-c2ncc(C(=O)NC)c(N)n2)cc1Cl. The van der Waals surface area contributed by atoms with E-state index in [-0.39, 0.29) is 17.3 Å². The predicted octanol–water partition coefficient (Wildman–Crippen LogP) is 2.14. The number of halogens is 1. The van der Waals surface area contributed by atoms with E-state index in [0.717, 1.165) is 0 Å². The van der Waals surface area contributed by atoms with E-state index >= 15 is 0 Å². The normalized spacial score (nSPS) is 10.2. The molecule has 0 bridgehead atoms. The molecule has 0 aliphatic heterocycles. The number of nitrogens with one attached hydrogen (secondary N) is 1. The van der Waals surface area contributed by atoms with Gasteiger partial charge in [-0.1, -0.05) is 11.6 Å². The lowest BCUT2D eigenvalue weighted by Gasteiger charge is -2.08. The average molecular weight is 307 g/mol. The molecular formula is C14H15ClN4O2. The molecule has 3 N–H and O–H groups in total. The van der Waals surface area contributed by atoms with Gasteiger partial charge in [0.1, 0.15) is 11.6 Å². The largest absolute Gasteiger partial charge is 0.492 e. The molecular weight excluding hydrogens is 292 g/mol. The van der Waals surface area contributed by atoms with Gasteiger partial charge in [-0.2, -0.15) is 0 Å². The van der Waals surface area contributed by atoms with Crippen LogP contribution in [0, 0.1) is 0 Å². The first-order valence-corrected chi connectivity index (χ1v) is 6.72. The van der Waals surface area contributed by atoms with Crippen molar-refractivity contribution in [3.8, 4) is 17.1 Å². The van der Waals surface area contributed by atoms with Gasteiger partial charge in [0.05, 0.1) is 17.2 Å². The lowest BCUT2D eigenvalue weighted by Crippen LogP contribution is -2.20. The van der Waals surface area contributed by atoms with E-state index in [9.17, 15) is 4.79 Å². The Morgan fingerprint density at radius 2 is 2.24 bits per heavy atom. The van der Waals surface area contributed by atoms with E-state index in [1.807, 2.05) is 6.92 Å². The first-order valence-electron chi connectivity index (χ1n) is 6.34. The molecule has 0 spiro atoms. The zero-order valence-corrected chi connectivity index (χ0v) is 12.4. The molecule has 0 saturated carbocycles. The van der Waals surface area contributed by atoms with Crippen LogP contribution in [0.15, 0.2) is 24.4 Å². The van der Waals surface area contributed by atoms with Crippen LogP contribution in [0.5, 0.6) is 5.75 Å². The van der Waals surface area contributed by atoms with Gasteiger partial charge < -0.3 is 15.8 Å². The van der Waals surface area contributed by atoms with Gasteiger partial charge in [-0.15, -0.1) is 0 Å². The molecule has 0 atom stereocenters. The van der Waals surface area contributed by atoms with Gasteiger partial charge in [-0.25, -0.2) is 9.97 Å². The second-order valence-electron chi connectivity index (χ2n) is 4.15. The molecule has 1 amide bonds. The molecule has 0 aliphatic rings. The molecule has 21 heavy (non-hydrogen) atoms. The van der Waals surface area contributed by atoms with E-state index in [2.05, 4.69) is 15.3 Å². The van der Waals surface area contributed by atoms with Crippen LogP contribution in [-0.2, 0) is 0 Å². The second kappa shape index (κ2) is 6.41. The molecule has 110 valence electrons. The van der Waals surface area contributed by atoms with Gasteiger partial charge in [-0.3, -0.25) is 4.79 Å². The van der Waals surface area contributed by atoms with Gasteiger partial charge in [0.25, 0.3) is 5.91 Å². The Kier molecular flexibility index (Phi) is 4.59. The standard InChI is InChI=1S/C14H15ClN4O2/c1-3-21-11-5-4-8(6-10(11)15)13-18-7-9(12(16)19-13)14(20)17-2/h4-7H,3H2,1-2H3,(H,17,20)(H2,16,18,19). The Bertz CT molecular complexity index is 676. The maximum absolute atomic E-state index is 11.5. The number of anilines is 1. The molecule has 2 rings (SSSR count). The molecule has 1 heterocycles. The quantitative estimate of drug-likeness (QED) is 0.903. The predicted molar refractivity (Wildman–Crippen MR) is 81.4 cm³/mol. The number of rotatable bonds is 4. The highest BCUT2D eigenvalue weighted by molar-refractivity contribution is 6.32. The Balaban J connectivity index is 2.36. The summed E-state index contributed by atoms with van der Waals surface area (Å²) in [4.78, 5) is 19.8. The highest BCUT2D eigenvalue weighted by Gasteiger charge is 2.13. The fourth-order valence-corrected chi connectivity index (χ4v) is 1.99. The number of benzene rings is 1. The van der Waals surface area contributed by atoms with E-state index in [4.69, 9.17) is 22.1 Å². The molecule has 0 aliphatic carbocycles. The van der Waals surface area contributed by atoms with Gasteiger partial charge in [0, 0.05) is 18.8 Å². The van der Waals surface area contributed by atoms with Crippen LogP contribution in [0.2, 0.25) is 5.02 Å². The van der Waals surface area contributed by atoms with Crippen LogP contribution in [-0.4, -0.2) is 29.5 Å². The minimum absolute atomic E-state index is 0.115. The van der Waals surface area contributed by atoms with Crippen LogP contribution in [0.3, 0.4) is 0 Å². The summed E-state index contributed by atoms with van der Waals surface area (Å²) in [6.45, 7) is 2.41. The topological polar surface area (TPSA) is 90.1 Å². The molecule has 1 aromatic carbocycles. The third kappa shape index (κ3) is 3.22. The van der Waals surface area contributed by atoms with E-state index in [1.165, 1.54) is 13.2 Å². The smallest absolute Gasteiger partial charge is 0.256 e. The van der Waals surface area contributed by atoms with Crippen molar-refractivity contribution in [2.45, 2.75) is 6.92 Å². The van der Waals surface area contributed by atoms with Crippen molar-refractivity contribution in [1.82, 2.24) is 15.3 Å². The number of aromatic nitrogens is 2. The van der Waals surface area contributed by atoms with Crippen LogP contribution in [0.25, 0.3) is 11.4 Å². The Morgan fingerprint density at radius 3 is 2.81 bits per heavy atom. The van der Waals surface area contributed by atoms with Gasteiger partial charge in [-0.05, 0) is 25.1 Å². The number of carbonyl (C=O) groups excluding carboxylic acids is 1. The Hall–Kier alpha value is -2.34. The average Bonchev–Trinajstić information content (AvgIpc) is 2.48. The highest BCUT2D eigenvalue weighted by Crippen LogP contribution is 2.29. The Morgan fingerprint density at radius 1 is 1.48 bits per heavy atom. The van der Waals surface area contributed by atoms with Crippen LogP contribution in [0.4, 0.5) is 5.82 Å². The number of carbonyl (C=O) groups is 1. The van der Waals surface area contributed by atoms with Crippen molar-refractivity contribution in [2.75, 3.05) is 19.4 Å². The highest BCUT2D eigenvalue weighted by atomic mass is 35.5. The number of nitrogen functional groups attached to an aromatic ring is 1. The van der Waals surface area contributed by atoms with Gasteiger partial charge in [0.2, 0.25) is 0 Å². The van der Waals surface area contributed by atoms with Crippen molar-refractivity contribution in [2.24, 2.45) is 0 Å². The number of amides is 1. The summed E-state index contributed by atoms with van der Waals surface area (Å²) in [7, 11) is 1.52. The lowest BCUT2D eigenvalue weighted by molar-refractivity contribution is 0.0963. The fourth-order valence-electron chi connectivity index (χ4n) is 1.76. The third-order valence-electron chi connectivity index (χ3n) is 2.78. The molecule has 6 nitrogen and oxygen atoms in total. The molecule has 1 aromatic heterocycles. The summed E-state index contributed by atoms with van der Waals surface area (Å²) in [5.74, 6) is 0.774. The minimum Gasteiger partial charge on any atom is -0.492 e. The fraction of sp³-hybridized carbons (Fsp3) is 0.214. The van der Waals surface area contributed by atoms with Crippen LogP contribution < -0.4 is 15.8 Å². The van der Waals surface area contributed by atoms with E-state index in [1.54, 1.807) is 18.2 Å². The van der Waals surface area contributed by atoms with Crippen molar-refractivity contribution >= 4 is 23.3 Å². The number of hydrogen-bond donors (Lipinski definition) is 2. The molecule has 0 fully saturated rings. The molecule has 2 aromatic rings. The van der Waals surface area contributed by atoms with Crippen LogP contribution in [0.1, 0.15) is 17.3 Å². The minimum atomic E-state index is -0.330. The van der Waals surface area contributed by atoms with E-state index < -0.39 is 0 Å². The Labute approximate surface area is 127 Å². The van der Waals surface area contributed by atoms with Crippen molar-refractivity contribution < 1.29 is 9.53 Å². The first-order chi connectivity index (χ1) is 10.1. The van der Waals surface area contributed by atoms with E-state index in [0.29, 0.717) is 28.8 Å². The van der Waals surface area contributed by atoms with Crippen molar-refractivity contribution in [3.63, 3.8) is 0 Å². The molecule has 7 heteroatoms. The second-order valence-corrected chi connectivity index (χ2v) is 4.56. The zero-order chi connectivity index (χ0) is 15.4. The summed E-state index contributed by atoms with van der Waals surface area (Å²) < 4.78 is 5.37. The number of ether oxygens (including phenoxy) is 1. The third-order valence-corrected chi connectivity index (χ3v) is 3.08. The molecule has 0 unspecified atom stereocenters. The summed E-state index contributed by atoms with van der Waals surface area (Å²) >= 11 is 6.13. The maximum atomic E-state index is 11.5. The van der Waals surface area contributed by atoms with Crippen molar-refractivity contribution in [1.29, 1.82) is 0 Å². The number of nitrogens with two attached hydrogens (primary N) is 1. The van der Waals surface area contributed by atoms with Crippen LogP contribution >= 0.6 is 11.6 Å².